The number of aliphatic carboxylic acids is 2. The average Bonchev–Trinajstić information content (AvgIpc) is 3.12. The van der Waals surface area contributed by atoms with E-state index in [2.05, 4.69) is 5.32 Å². The molecular weight excluding hydrogens is 360 g/mol. The van der Waals surface area contributed by atoms with Gasteiger partial charge in [-0.05, 0) is 12.5 Å². The van der Waals surface area contributed by atoms with Crippen molar-refractivity contribution in [1.82, 2.24) is 10.2 Å². The molecule has 0 radical (unpaired) electrons. The summed E-state index contributed by atoms with van der Waals surface area (Å²) >= 11 is 1.35. The molecule has 0 aromatic heterocycles. The van der Waals surface area contributed by atoms with E-state index in [1.165, 1.54) is 28.8 Å². The number of carboxylic acid groups (broad SMARTS) is 2. The van der Waals surface area contributed by atoms with Crippen LogP contribution in [0.25, 0.3) is 0 Å². The van der Waals surface area contributed by atoms with Gasteiger partial charge in [0.25, 0.3) is 0 Å². The van der Waals surface area contributed by atoms with Crippen molar-refractivity contribution in [2.75, 3.05) is 0 Å². The first-order valence-electron chi connectivity index (χ1n) is 8.05. The zero-order chi connectivity index (χ0) is 18.9. The first kappa shape index (κ1) is 16.9. The summed E-state index contributed by atoms with van der Waals surface area (Å²) in [4.78, 5) is 49.5. The largest absolute Gasteiger partial charge is 0.480 e. The van der Waals surface area contributed by atoms with Crippen molar-refractivity contribution in [3.63, 3.8) is 0 Å². The highest BCUT2D eigenvalue weighted by Gasteiger charge is 2.85. The van der Waals surface area contributed by atoms with E-state index in [0.717, 1.165) is 0 Å². The SMILES string of the molecule is C[C@@]12C[C@]1(C(=O)O)N1C(=O)[C@@H](NC(=O)C(C(=O)O)c3ccccc3)[C@H]1S2. The summed E-state index contributed by atoms with van der Waals surface area (Å²) in [5.74, 6) is -5.04. The molecule has 8 nitrogen and oxygen atoms in total. The fourth-order valence-electron chi connectivity index (χ4n) is 4.01. The predicted molar refractivity (Wildman–Crippen MR) is 90.4 cm³/mol. The normalized spacial score (nSPS) is 35.0. The van der Waals surface area contributed by atoms with Gasteiger partial charge in [-0.1, -0.05) is 30.3 Å². The van der Waals surface area contributed by atoms with Crippen LogP contribution in [0.2, 0.25) is 0 Å². The van der Waals surface area contributed by atoms with Crippen LogP contribution in [0.1, 0.15) is 24.8 Å². The second-order valence-corrected chi connectivity index (χ2v) is 8.58. The van der Waals surface area contributed by atoms with Gasteiger partial charge < -0.3 is 20.4 Å². The fraction of sp³-hybridized carbons (Fsp3) is 0.412. The number of nitrogens with zero attached hydrogens (tertiary/aromatic N) is 1. The lowest BCUT2D eigenvalue weighted by molar-refractivity contribution is -0.163. The Morgan fingerprint density at radius 1 is 1.27 bits per heavy atom. The third-order valence-corrected chi connectivity index (χ3v) is 7.20. The van der Waals surface area contributed by atoms with Crippen LogP contribution in [0, 0.1) is 0 Å². The Bertz CT molecular complexity index is 845. The van der Waals surface area contributed by atoms with Gasteiger partial charge in [-0.3, -0.25) is 14.4 Å². The number of benzene rings is 1. The highest BCUT2D eigenvalue weighted by atomic mass is 32.2. The van der Waals surface area contributed by atoms with Crippen LogP contribution in [0.5, 0.6) is 0 Å². The second kappa shape index (κ2) is 5.23. The quantitative estimate of drug-likeness (QED) is 0.497. The van der Waals surface area contributed by atoms with Gasteiger partial charge in [0.05, 0.1) is 4.75 Å². The zero-order valence-corrected chi connectivity index (χ0v) is 14.5. The number of carbonyl (C=O) groups is 4. The van der Waals surface area contributed by atoms with E-state index in [9.17, 15) is 29.4 Å². The Kier molecular flexibility index (Phi) is 3.40. The lowest BCUT2D eigenvalue weighted by Gasteiger charge is -2.46. The minimum atomic E-state index is -1.43. The van der Waals surface area contributed by atoms with Gasteiger partial charge in [0.2, 0.25) is 11.8 Å². The van der Waals surface area contributed by atoms with Gasteiger partial charge in [-0.2, -0.15) is 0 Å². The Labute approximate surface area is 152 Å². The molecule has 136 valence electrons. The molecule has 3 aliphatic rings. The lowest BCUT2D eigenvalue weighted by atomic mass is 9.96. The fourth-order valence-corrected chi connectivity index (χ4v) is 5.92. The van der Waals surface area contributed by atoms with E-state index in [1.807, 2.05) is 0 Å². The van der Waals surface area contributed by atoms with Crippen LogP contribution in [0.15, 0.2) is 30.3 Å². The minimum Gasteiger partial charge on any atom is -0.480 e. The number of amides is 2. The monoisotopic (exact) mass is 376 g/mol. The van der Waals surface area contributed by atoms with E-state index < -0.39 is 51.4 Å². The molecule has 2 aliphatic heterocycles. The molecule has 1 aromatic rings. The topological polar surface area (TPSA) is 124 Å². The van der Waals surface area contributed by atoms with Crippen LogP contribution >= 0.6 is 11.8 Å². The Balaban J connectivity index is 1.53. The molecule has 3 fully saturated rings. The Morgan fingerprint density at radius 3 is 2.50 bits per heavy atom. The molecule has 3 N–H and O–H groups in total. The molecule has 1 aromatic carbocycles. The summed E-state index contributed by atoms with van der Waals surface area (Å²) in [6.07, 6.45) is 0.380. The predicted octanol–water partition coefficient (Wildman–Crippen LogP) is 0.241. The highest BCUT2D eigenvalue weighted by molar-refractivity contribution is 8.02. The highest BCUT2D eigenvalue weighted by Crippen LogP contribution is 2.71. The summed E-state index contributed by atoms with van der Waals surface area (Å²) in [5, 5.41) is 21.0. The summed E-state index contributed by atoms with van der Waals surface area (Å²) in [6, 6.07) is 7.14. The van der Waals surface area contributed by atoms with Gasteiger partial charge in [-0.15, -0.1) is 11.8 Å². The van der Waals surface area contributed by atoms with Crippen molar-refractivity contribution < 1.29 is 29.4 Å². The number of thioether (sulfide) groups is 1. The van der Waals surface area contributed by atoms with E-state index in [0.29, 0.717) is 12.0 Å². The smallest absolute Gasteiger partial charge is 0.331 e. The van der Waals surface area contributed by atoms with E-state index in [1.54, 1.807) is 25.1 Å². The van der Waals surface area contributed by atoms with Crippen molar-refractivity contribution in [2.24, 2.45) is 0 Å². The third kappa shape index (κ3) is 1.97. The number of nitrogens with one attached hydrogen (secondary N) is 1. The lowest BCUT2D eigenvalue weighted by Crippen LogP contribution is -2.72. The van der Waals surface area contributed by atoms with Gasteiger partial charge in [0.1, 0.15) is 11.4 Å². The van der Waals surface area contributed by atoms with Crippen LogP contribution in [0.4, 0.5) is 0 Å². The first-order valence-corrected chi connectivity index (χ1v) is 8.93. The molecule has 1 aliphatic carbocycles. The van der Waals surface area contributed by atoms with Crippen LogP contribution in [-0.4, -0.2) is 60.6 Å². The molecule has 26 heavy (non-hydrogen) atoms. The Morgan fingerprint density at radius 2 is 1.92 bits per heavy atom. The Hall–Kier alpha value is -2.55. The molecule has 2 amide bonds. The molecule has 1 saturated carbocycles. The van der Waals surface area contributed by atoms with Crippen molar-refractivity contribution in [3.05, 3.63) is 35.9 Å². The molecule has 2 heterocycles. The number of carboxylic acids is 2. The van der Waals surface area contributed by atoms with E-state index in [4.69, 9.17) is 0 Å². The van der Waals surface area contributed by atoms with Crippen molar-refractivity contribution in [3.8, 4) is 0 Å². The maximum absolute atomic E-state index is 12.5. The molecule has 2 saturated heterocycles. The number of β-lactam (4-membered cyclic amide) rings is 1. The molecule has 0 bridgehead atoms. The third-order valence-electron chi connectivity index (χ3n) is 5.47. The summed E-state index contributed by atoms with van der Waals surface area (Å²) in [6.45, 7) is 1.79. The molecule has 1 unspecified atom stereocenters. The van der Waals surface area contributed by atoms with E-state index >= 15 is 0 Å². The summed E-state index contributed by atoms with van der Waals surface area (Å²) in [7, 11) is 0. The molecular formula is C17H16N2O6S. The van der Waals surface area contributed by atoms with Crippen molar-refractivity contribution in [1.29, 1.82) is 0 Å². The first-order chi connectivity index (χ1) is 12.2. The van der Waals surface area contributed by atoms with Crippen molar-refractivity contribution >= 4 is 35.5 Å². The van der Waals surface area contributed by atoms with Gasteiger partial charge in [-0.25, -0.2) is 4.79 Å². The molecule has 0 spiro atoms. The van der Waals surface area contributed by atoms with Crippen LogP contribution < -0.4 is 5.32 Å². The number of fused-ring (bicyclic) bond motifs is 3. The van der Waals surface area contributed by atoms with Gasteiger partial charge in [0.15, 0.2) is 11.5 Å². The summed E-state index contributed by atoms with van der Waals surface area (Å²) in [5.41, 5.74) is -0.885. The number of hydrogen-bond acceptors (Lipinski definition) is 5. The number of hydrogen-bond donors (Lipinski definition) is 3. The van der Waals surface area contributed by atoms with Crippen LogP contribution in [0.3, 0.4) is 0 Å². The zero-order valence-electron chi connectivity index (χ0n) is 13.7. The molecule has 5 atom stereocenters. The second-order valence-electron chi connectivity index (χ2n) is 6.96. The van der Waals surface area contributed by atoms with Gasteiger partial charge >= 0.3 is 11.9 Å². The standard InChI is InChI=1S/C17H16N2O6S/c1-16-7-17(16,15(24)25)19-12(21)10(13(19)26-16)18-11(20)9(14(22)23)8-5-3-2-4-6-8/h2-6,9-10,13H,7H2,1H3,(H,18,20)(H,22,23)(H,24,25)/t9?,10-,13-,16-,17-/m1/s1. The van der Waals surface area contributed by atoms with E-state index in [-0.39, 0.29) is 0 Å². The summed E-state index contributed by atoms with van der Waals surface area (Å²) < 4.78 is -0.565. The maximum atomic E-state index is 12.5. The maximum Gasteiger partial charge on any atom is 0.331 e. The van der Waals surface area contributed by atoms with Gasteiger partial charge in [0, 0.05) is 6.42 Å². The molecule has 4 rings (SSSR count). The average molecular weight is 376 g/mol. The van der Waals surface area contributed by atoms with Crippen molar-refractivity contribution in [2.45, 2.75) is 41.0 Å². The molecule has 9 heteroatoms. The number of rotatable bonds is 5. The minimum absolute atomic E-state index is 0.317. The van der Waals surface area contributed by atoms with Crippen LogP contribution in [-0.2, 0) is 19.2 Å². The number of carbonyl (C=O) groups excluding carboxylic acids is 2.